The molecule has 2 unspecified atom stereocenters. The quantitative estimate of drug-likeness (QED) is 0.565. The van der Waals surface area contributed by atoms with Crippen LogP contribution in [0.2, 0.25) is 0 Å². The molecule has 25 heavy (non-hydrogen) atoms. The zero-order chi connectivity index (χ0) is 18.8. The van der Waals surface area contributed by atoms with Gasteiger partial charge >= 0.3 is 5.97 Å². The second kappa shape index (κ2) is 7.56. The van der Waals surface area contributed by atoms with Crippen molar-refractivity contribution in [3.63, 3.8) is 0 Å². The Hall–Kier alpha value is -1.88. The van der Waals surface area contributed by atoms with Gasteiger partial charge in [-0.3, -0.25) is 4.79 Å². The number of hydrogen-bond acceptors (Lipinski definition) is 5. The van der Waals surface area contributed by atoms with Crippen LogP contribution in [0.15, 0.2) is 35.1 Å². The van der Waals surface area contributed by atoms with E-state index in [9.17, 15) is 14.7 Å². The van der Waals surface area contributed by atoms with E-state index in [1.807, 2.05) is 26.8 Å². The SMILES string of the molecule is CC1=CC(=O)O[C@H]1C/C=C(\C)C(O)CCC(C)C1=CC(=O)C(C)(C)O1. The fourth-order valence-electron chi connectivity index (χ4n) is 2.91. The molecule has 5 nitrogen and oxygen atoms in total. The predicted octanol–water partition coefficient (Wildman–Crippen LogP) is 3.23. The lowest BCUT2D eigenvalue weighted by atomic mass is 9.96. The van der Waals surface area contributed by atoms with Gasteiger partial charge in [0.05, 0.1) is 6.10 Å². The lowest BCUT2D eigenvalue weighted by Crippen LogP contribution is -2.28. The maximum Gasteiger partial charge on any atom is 0.331 e. The van der Waals surface area contributed by atoms with Crippen LogP contribution < -0.4 is 0 Å². The molecule has 0 radical (unpaired) electrons. The summed E-state index contributed by atoms with van der Waals surface area (Å²) in [6.45, 7) is 9.27. The molecule has 0 spiro atoms. The van der Waals surface area contributed by atoms with E-state index >= 15 is 0 Å². The van der Waals surface area contributed by atoms with Crippen LogP contribution in [0.1, 0.15) is 53.9 Å². The Bertz CT molecular complexity index is 638. The summed E-state index contributed by atoms with van der Waals surface area (Å²) >= 11 is 0. The molecule has 0 fully saturated rings. The van der Waals surface area contributed by atoms with Crippen LogP contribution in [-0.2, 0) is 19.1 Å². The molecule has 5 heteroatoms. The van der Waals surface area contributed by atoms with Crippen molar-refractivity contribution in [3.05, 3.63) is 35.1 Å². The Morgan fingerprint density at radius 2 is 2.00 bits per heavy atom. The minimum Gasteiger partial charge on any atom is -0.484 e. The standard InChI is InChI=1S/C20H28O5/c1-12(7-9-16-14(3)10-19(23)24-16)15(21)8-6-13(2)17-11-18(22)20(4,5)25-17/h7,10-11,13,15-16,21H,6,8-9H2,1-5H3/b12-7+/t13?,15?,16-/m0/s1. The van der Waals surface area contributed by atoms with E-state index in [1.165, 1.54) is 6.08 Å². The van der Waals surface area contributed by atoms with E-state index in [1.54, 1.807) is 19.9 Å². The first-order chi connectivity index (χ1) is 11.6. The van der Waals surface area contributed by atoms with Gasteiger partial charge in [-0.1, -0.05) is 13.0 Å². The highest BCUT2D eigenvalue weighted by molar-refractivity contribution is 5.98. The molecule has 2 rings (SSSR count). The van der Waals surface area contributed by atoms with E-state index < -0.39 is 11.7 Å². The third-order valence-corrected chi connectivity index (χ3v) is 4.89. The minimum absolute atomic E-state index is 0.0134. The van der Waals surface area contributed by atoms with Crippen molar-refractivity contribution in [2.45, 2.75) is 71.7 Å². The van der Waals surface area contributed by atoms with Crippen molar-refractivity contribution < 1.29 is 24.2 Å². The molecule has 138 valence electrons. The maximum absolute atomic E-state index is 11.8. The van der Waals surface area contributed by atoms with Crippen molar-refractivity contribution in [2.24, 2.45) is 5.92 Å². The Kier molecular flexibility index (Phi) is 5.88. The van der Waals surface area contributed by atoms with Gasteiger partial charge in [0.25, 0.3) is 0 Å². The summed E-state index contributed by atoms with van der Waals surface area (Å²) < 4.78 is 10.9. The zero-order valence-electron chi connectivity index (χ0n) is 15.7. The fourth-order valence-corrected chi connectivity index (χ4v) is 2.91. The van der Waals surface area contributed by atoms with Gasteiger partial charge < -0.3 is 14.6 Å². The summed E-state index contributed by atoms with van der Waals surface area (Å²) in [5.74, 6) is 0.461. The highest BCUT2D eigenvalue weighted by atomic mass is 16.5. The van der Waals surface area contributed by atoms with Crippen molar-refractivity contribution in [1.29, 1.82) is 0 Å². The molecule has 2 aliphatic heterocycles. The molecule has 0 saturated carbocycles. The van der Waals surface area contributed by atoms with Gasteiger partial charge in [0.1, 0.15) is 11.9 Å². The van der Waals surface area contributed by atoms with Gasteiger partial charge in [-0.15, -0.1) is 0 Å². The lowest BCUT2D eigenvalue weighted by Gasteiger charge is -2.22. The van der Waals surface area contributed by atoms with Crippen molar-refractivity contribution in [2.75, 3.05) is 0 Å². The number of aliphatic hydroxyl groups excluding tert-OH is 1. The second-order valence-corrected chi connectivity index (χ2v) is 7.52. The van der Waals surface area contributed by atoms with E-state index in [-0.39, 0.29) is 23.8 Å². The first-order valence-electron chi connectivity index (χ1n) is 8.78. The fraction of sp³-hybridized carbons (Fsp3) is 0.600. The van der Waals surface area contributed by atoms with Crippen LogP contribution in [0.3, 0.4) is 0 Å². The summed E-state index contributed by atoms with van der Waals surface area (Å²) in [5, 5.41) is 10.3. The van der Waals surface area contributed by atoms with E-state index in [0.29, 0.717) is 18.6 Å². The largest absolute Gasteiger partial charge is 0.484 e. The number of ether oxygens (including phenoxy) is 2. The first kappa shape index (κ1) is 19.4. The van der Waals surface area contributed by atoms with Gasteiger partial charge in [0, 0.05) is 24.5 Å². The van der Waals surface area contributed by atoms with Gasteiger partial charge in [0.15, 0.2) is 5.60 Å². The summed E-state index contributed by atoms with van der Waals surface area (Å²) in [5.41, 5.74) is 0.998. The molecule has 0 aromatic rings. The number of rotatable bonds is 7. The number of cyclic esters (lactones) is 1. The topological polar surface area (TPSA) is 72.8 Å². The second-order valence-electron chi connectivity index (χ2n) is 7.52. The van der Waals surface area contributed by atoms with Crippen LogP contribution in [0.25, 0.3) is 0 Å². The smallest absolute Gasteiger partial charge is 0.331 e. The molecule has 1 N–H and O–H groups in total. The highest BCUT2D eigenvalue weighted by Gasteiger charge is 2.36. The van der Waals surface area contributed by atoms with Gasteiger partial charge in [-0.05, 0) is 51.7 Å². The van der Waals surface area contributed by atoms with Gasteiger partial charge in [0.2, 0.25) is 5.78 Å². The minimum atomic E-state index is -0.776. The summed E-state index contributed by atoms with van der Waals surface area (Å²) in [6.07, 6.45) is 6.09. The zero-order valence-corrected chi connectivity index (χ0v) is 15.7. The highest BCUT2D eigenvalue weighted by Crippen LogP contribution is 2.31. The number of allylic oxidation sites excluding steroid dienone is 1. The number of ketones is 1. The van der Waals surface area contributed by atoms with Crippen LogP contribution >= 0.6 is 0 Å². The molecule has 0 amide bonds. The monoisotopic (exact) mass is 348 g/mol. The Balaban J connectivity index is 1.81. The van der Waals surface area contributed by atoms with Gasteiger partial charge in [-0.25, -0.2) is 4.79 Å². The Labute approximate surface area is 149 Å². The molecule has 0 aromatic carbocycles. The van der Waals surface area contributed by atoms with Crippen LogP contribution in [-0.4, -0.2) is 34.7 Å². The van der Waals surface area contributed by atoms with Crippen LogP contribution in [0.4, 0.5) is 0 Å². The number of aliphatic hydroxyl groups is 1. The molecule has 2 heterocycles. The molecule has 0 aliphatic carbocycles. The molecule has 0 saturated heterocycles. The molecular formula is C20H28O5. The Morgan fingerprint density at radius 3 is 2.52 bits per heavy atom. The summed E-state index contributed by atoms with van der Waals surface area (Å²) in [7, 11) is 0. The number of carbonyl (C=O) groups is 2. The van der Waals surface area contributed by atoms with E-state index in [0.717, 1.165) is 17.6 Å². The Morgan fingerprint density at radius 1 is 1.32 bits per heavy atom. The van der Waals surface area contributed by atoms with Crippen molar-refractivity contribution in [1.82, 2.24) is 0 Å². The average Bonchev–Trinajstić information content (AvgIpc) is 3.00. The van der Waals surface area contributed by atoms with E-state index in [4.69, 9.17) is 9.47 Å². The number of esters is 1. The summed E-state index contributed by atoms with van der Waals surface area (Å²) in [6, 6.07) is 0. The molecule has 0 bridgehead atoms. The molecule has 2 aliphatic rings. The average molecular weight is 348 g/mol. The van der Waals surface area contributed by atoms with Gasteiger partial charge in [-0.2, -0.15) is 0 Å². The summed E-state index contributed by atoms with van der Waals surface area (Å²) in [4.78, 5) is 23.0. The van der Waals surface area contributed by atoms with E-state index in [2.05, 4.69) is 0 Å². The van der Waals surface area contributed by atoms with Crippen LogP contribution in [0.5, 0.6) is 0 Å². The third-order valence-electron chi connectivity index (χ3n) is 4.89. The molecule has 3 atom stereocenters. The molecule has 0 aromatic heterocycles. The maximum atomic E-state index is 11.8. The first-order valence-corrected chi connectivity index (χ1v) is 8.78. The van der Waals surface area contributed by atoms with Crippen LogP contribution in [0, 0.1) is 5.92 Å². The van der Waals surface area contributed by atoms with Crippen molar-refractivity contribution in [3.8, 4) is 0 Å². The third kappa shape index (κ3) is 4.82. The lowest BCUT2D eigenvalue weighted by molar-refractivity contribution is -0.138. The number of carbonyl (C=O) groups excluding carboxylic acids is 2. The number of hydrogen-bond donors (Lipinski definition) is 1. The normalized spacial score (nSPS) is 25.2. The predicted molar refractivity (Wildman–Crippen MR) is 94.7 cm³/mol. The van der Waals surface area contributed by atoms with Crippen molar-refractivity contribution >= 4 is 11.8 Å². The molecular weight excluding hydrogens is 320 g/mol.